The van der Waals surface area contributed by atoms with Gasteiger partial charge in [0.25, 0.3) is 10.0 Å². The summed E-state index contributed by atoms with van der Waals surface area (Å²) in [6.45, 7) is 5.00. The first kappa shape index (κ1) is 35.3. The Kier molecular flexibility index (Phi) is 12.1. The second-order valence-corrected chi connectivity index (χ2v) is 14.2. The summed E-state index contributed by atoms with van der Waals surface area (Å²) >= 11 is 19.2. The summed E-state index contributed by atoms with van der Waals surface area (Å²) in [5.74, 6) is -0.982. The lowest BCUT2D eigenvalue weighted by Crippen LogP contribution is -2.54. The van der Waals surface area contributed by atoms with Crippen LogP contribution in [-0.2, 0) is 32.6 Å². The predicted octanol–water partition coefficient (Wildman–Crippen LogP) is 7.71. The van der Waals surface area contributed by atoms with Crippen molar-refractivity contribution in [3.8, 4) is 0 Å². The van der Waals surface area contributed by atoms with E-state index in [1.54, 1.807) is 36.4 Å². The molecule has 0 aromatic heterocycles. The first-order valence-electron chi connectivity index (χ1n) is 14.8. The van der Waals surface area contributed by atoms with Gasteiger partial charge in [-0.05, 0) is 67.8 Å². The summed E-state index contributed by atoms with van der Waals surface area (Å²) in [6.07, 6.45) is 0.868. The fourth-order valence-corrected chi connectivity index (χ4v) is 6.96. The number of carbonyl (C=O) groups is 2. The van der Waals surface area contributed by atoms with Crippen molar-refractivity contribution in [2.45, 2.75) is 57.1 Å². The van der Waals surface area contributed by atoms with E-state index in [1.807, 2.05) is 51.1 Å². The zero-order valence-corrected chi connectivity index (χ0v) is 28.9. The van der Waals surface area contributed by atoms with Gasteiger partial charge in [-0.3, -0.25) is 13.9 Å². The molecule has 0 fully saturated rings. The third kappa shape index (κ3) is 9.04. The molecule has 0 saturated carbocycles. The Hall–Kier alpha value is -3.56. The SMILES string of the molecule is CC[C@H](C)NC(=O)[C@H](Cc1ccccc1)N(Cc1ccccc1Cl)C(=O)CN(c1cc(Cl)cc(Cl)c1)S(=O)(=O)c1ccc(C)cc1. The van der Waals surface area contributed by atoms with Crippen LogP contribution >= 0.6 is 34.8 Å². The lowest BCUT2D eigenvalue weighted by Gasteiger charge is -2.34. The topological polar surface area (TPSA) is 86.8 Å². The lowest BCUT2D eigenvalue weighted by molar-refractivity contribution is -0.140. The van der Waals surface area contributed by atoms with E-state index in [2.05, 4.69) is 5.32 Å². The molecule has 2 atom stereocenters. The van der Waals surface area contributed by atoms with Crippen LogP contribution in [-0.4, -0.2) is 43.8 Å². The van der Waals surface area contributed by atoms with E-state index in [1.165, 1.54) is 35.2 Å². The van der Waals surface area contributed by atoms with Crippen LogP contribution in [0.5, 0.6) is 0 Å². The number of benzene rings is 4. The Labute approximate surface area is 286 Å². The largest absolute Gasteiger partial charge is 0.352 e. The number of rotatable bonds is 13. The lowest BCUT2D eigenvalue weighted by atomic mass is 10.0. The second kappa shape index (κ2) is 15.8. The highest BCUT2D eigenvalue weighted by atomic mass is 35.5. The zero-order chi connectivity index (χ0) is 33.4. The van der Waals surface area contributed by atoms with Crippen LogP contribution in [0.15, 0.2) is 102 Å². The molecule has 0 aliphatic carbocycles. The molecule has 2 amide bonds. The molecule has 46 heavy (non-hydrogen) atoms. The third-order valence-electron chi connectivity index (χ3n) is 7.59. The molecule has 0 spiro atoms. The van der Waals surface area contributed by atoms with Crippen molar-refractivity contribution >= 4 is 62.3 Å². The molecule has 11 heteroatoms. The van der Waals surface area contributed by atoms with E-state index in [0.717, 1.165) is 15.4 Å². The first-order chi connectivity index (χ1) is 21.9. The standard InChI is InChI=1S/C35H36Cl3N3O4S/c1-4-25(3)39-35(43)33(18-26-10-6-5-7-11-26)40(22-27-12-8-9-13-32(27)38)34(42)23-41(30-20-28(36)19-29(37)21-30)46(44,45)31-16-14-24(2)15-17-31/h5-17,19-21,25,33H,4,18,22-23H2,1-3H3,(H,39,43)/t25-,33-/m0/s1. The summed E-state index contributed by atoms with van der Waals surface area (Å²) < 4.78 is 29.3. The number of aryl methyl sites for hydroxylation is 1. The van der Waals surface area contributed by atoms with Gasteiger partial charge in [0, 0.05) is 34.1 Å². The van der Waals surface area contributed by atoms with Crippen LogP contribution in [0.1, 0.15) is 37.0 Å². The maximum Gasteiger partial charge on any atom is 0.264 e. The summed E-state index contributed by atoms with van der Waals surface area (Å²) in [7, 11) is -4.30. The minimum absolute atomic E-state index is 0.0185. The molecule has 7 nitrogen and oxygen atoms in total. The summed E-state index contributed by atoms with van der Waals surface area (Å²) in [5, 5.41) is 3.82. The normalized spacial score (nSPS) is 12.7. The molecule has 0 aliphatic heterocycles. The number of hydrogen-bond donors (Lipinski definition) is 1. The van der Waals surface area contributed by atoms with Gasteiger partial charge in [0.1, 0.15) is 12.6 Å². The van der Waals surface area contributed by atoms with E-state index in [0.29, 0.717) is 17.0 Å². The number of anilines is 1. The van der Waals surface area contributed by atoms with Gasteiger partial charge in [0.15, 0.2) is 0 Å². The van der Waals surface area contributed by atoms with Crippen LogP contribution in [0.4, 0.5) is 5.69 Å². The van der Waals surface area contributed by atoms with Gasteiger partial charge in [-0.15, -0.1) is 0 Å². The molecule has 0 aliphatic rings. The molecule has 4 aromatic rings. The summed E-state index contributed by atoms with van der Waals surface area (Å²) in [4.78, 5) is 29.9. The van der Waals surface area contributed by atoms with Crippen molar-refractivity contribution in [1.29, 1.82) is 0 Å². The minimum atomic E-state index is -4.30. The average Bonchev–Trinajstić information content (AvgIpc) is 3.02. The summed E-state index contributed by atoms with van der Waals surface area (Å²) in [6, 6.07) is 25.9. The highest BCUT2D eigenvalue weighted by Gasteiger charge is 2.35. The smallest absolute Gasteiger partial charge is 0.264 e. The van der Waals surface area contributed by atoms with Gasteiger partial charge < -0.3 is 10.2 Å². The highest BCUT2D eigenvalue weighted by Crippen LogP contribution is 2.31. The molecule has 0 unspecified atom stereocenters. The van der Waals surface area contributed by atoms with Crippen molar-refractivity contribution in [2.24, 2.45) is 0 Å². The monoisotopic (exact) mass is 699 g/mol. The third-order valence-corrected chi connectivity index (χ3v) is 10.2. The summed E-state index contributed by atoms with van der Waals surface area (Å²) in [5.41, 5.74) is 2.40. The molecular weight excluding hydrogens is 665 g/mol. The second-order valence-electron chi connectivity index (χ2n) is 11.1. The van der Waals surface area contributed by atoms with Crippen molar-refractivity contribution in [2.75, 3.05) is 10.8 Å². The number of nitrogens with zero attached hydrogens (tertiary/aromatic N) is 2. The number of nitrogens with one attached hydrogen (secondary N) is 1. The molecule has 4 aromatic carbocycles. The number of halogens is 3. The predicted molar refractivity (Wildman–Crippen MR) is 186 cm³/mol. The van der Waals surface area contributed by atoms with Crippen LogP contribution in [0.25, 0.3) is 0 Å². The first-order valence-corrected chi connectivity index (χ1v) is 17.4. The Morgan fingerprint density at radius 1 is 0.848 bits per heavy atom. The van der Waals surface area contributed by atoms with E-state index in [4.69, 9.17) is 34.8 Å². The van der Waals surface area contributed by atoms with E-state index in [9.17, 15) is 18.0 Å². The van der Waals surface area contributed by atoms with Gasteiger partial charge >= 0.3 is 0 Å². The van der Waals surface area contributed by atoms with Crippen molar-refractivity contribution in [3.63, 3.8) is 0 Å². The van der Waals surface area contributed by atoms with E-state index in [-0.39, 0.29) is 45.5 Å². The molecular formula is C35H36Cl3N3O4S. The van der Waals surface area contributed by atoms with Gasteiger partial charge in [-0.1, -0.05) is 108 Å². The molecule has 4 rings (SSSR count). The van der Waals surface area contributed by atoms with Gasteiger partial charge in [0.05, 0.1) is 10.6 Å². The Balaban J connectivity index is 1.84. The Morgan fingerprint density at radius 3 is 2.07 bits per heavy atom. The van der Waals surface area contributed by atoms with Crippen molar-refractivity contribution < 1.29 is 18.0 Å². The van der Waals surface area contributed by atoms with Crippen LogP contribution in [0.2, 0.25) is 15.1 Å². The molecule has 242 valence electrons. The maximum atomic E-state index is 14.6. The fourth-order valence-electron chi connectivity index (χ4n) is 4.85. The van der Waals surface area contributed by atoms with Gasteiger partial charge in [0.2, 0.25) is 11.8 Å². The molecule has 0 bridgehead atoms. The van der Waals surface area contributed by atoms with Gasteiger partial charge in [-0.2, -0.15) is 0 Å². The van der Waals surface area contributed by atoms with Crippen LogP contribution in [0, 0.1) is 6.92 Å². The molecule has 0 saturated heterocycles. The van der Waals surface area contributed by atoms with Crippen LogP contribution in [0.3, 0.4) is 0 Å². The minimum Gasteiger partial charge on any atom is -0.352 e. The van der Waals surface area contributed by atoms with E-state index >= 15 is 0 Å². The highest BCUT2D eigenvalue weighted by molar-refractivity contribution is 7.92. The molecule has 0 radical (unpaired) electrons. The van der Waals surface area contributed by atoms with Crippen molar-refractivity contribution in [1.82, 2.24) is 10.2 Å². The molecule has 1 N–H and O–H groups in total. The quantitative estimate of drug-likeness (QED) is 0.155. The zero-order valence-electron chi connectivity index (χ0n) is 25.8. The number of sulfonamides is 1. The number of carbonyl (C=O) groups excluding carboxylic acids is 2. The Bertz CT molecular complexity index is 1750. The number of hydrogen-bond acceptors (Lipinski definition) is 4. The fraction of sp³-hybridized carbons (Fsp3) is 0.257. The molecule has 0 heterocycles. The maximum absolute atomic E-state index is 14.6. The number of amides is 2. The van der Waals surface area contributed by atoms with Crippen LogP contribution < -0.4 is 9.62 Å². The van der Waals surface area contributed by atoms with Gasteiger partial charge in [-0.25, -0.2) is 8.42 Å². The average molecular weight is 701 g/mol. The van der Waals surface area contributed by atoms with Crippen molar-refractivity contribution in [3.05, 3.63) is 129 Å². The Morgan fingerprint density at radius 2 is 1.46 bits per heavy atom. The van der Waals surface area contributed by atoms with E-state index < -0.39 is 28.5 Å².